The molecule has 0 aliphatic heterocycles. The zero-order chi connectivity index (χ0) is 21.9. The second-order valence-corrected chi connectivity index (χ2v) is 8.51. The van der Waals surface area contributed by atoms with E-state index in [4.69, 9.17) is 23.1 Å². The van der Waals surface area contributed by atoms with Crippen LogP contribution in [0.1, 0.15) is 0 Å². The molecular formula is C20H21NO7S2. The highest BCUT2D eigenvalue weighted by Crippen LogP contribution is 2.45. The number of methoxy groups -OCH3 is 4. The van der Waals surface area contributed by atoms with E-state index in [1.807, 2.05) is 12.1 Å². The first-order valence-corrected chi connectivity index (χ1v) is 11.2. The molecule has 160 valence electrons. The molecule has 0 bridgehead atoms. The van der Waals surface area contributed by atoms with Gasteiger partial charge in [-0.05, 0) is 41.4 Å². The highest BCUT2D eigenvalue weighted by atomic mass is 32.2. The van der Waals surface area contributed by atoms with Crippen LogP contribution in [0.25, 0.3) is 21.6 Å². The molecule has 1 aromatic heterocycles. The quantitative estimate of drug-likeness (QED) is 0.477. The molecule has 10 heteroatoms. The Labute approximate surface area is 179 Å². The van der Waals surface area contributed by atoms with Crippen LogP contribution in [-0.4, -0.2) is 47.5 Å². The first kappa shape index (κ1) is 21.7. The maximum atomic E-state index is 11.6. The van der Waals surface area contributed by atoms with Crippen molar-refractivity contribution in [3.63, 3.8) is 0 Å². The number of aromatic nitrogens is 1. The monoisotopic (exact) mass is 451 g/mol. The lowest BCUT2D eigenvalue weighted by Gasteiger charge is -2.14. The van der Waals surface area contributed by atoms with Gasteiger partial charge in [-0.25, -0.2) is 0 Å². The smallest absolute Gasteiger partial charge is 0.306 e. The average Bonchev–Trinajstić information content (AvgIpc) is 3.21. The molecule has 0 amide bonds. The summed E-state index contributed by atoms with van der Waals surface area (Å²) >= 11 is 1.29. The van der Waals surface area contributed by atoms with Gasteiger partial charge in [-0.1, -0.05) is 6.07 Å². The summed E-state index contributed by atoms with van der Waals surface area (Å²) in [5.74, 6) is 1.92. The summed E-state index contributed by atoms with van der Waals surface area (Å²) < 4.78 is 54.1. The Morgan fingerprint density at radius 2 is 1.40 bits per heavy atom. The van der Waals surface area contributed by atoms with Crippen LogP contribution in [0.4, 0.5) is 0 Å². The van der Waals surface area contributed by atoms with Crippen molar-refractivity contribution in [2.75, 3.05) is 34.7 Å². The molecule has 0 saturated carbocycles. The molecule has 3 aromatic rings. The van der Waals surface area contributed by atoms with Crippen molar-refractivity contribution in [3.05, 3.63) is 36.5 Å². The molecule has 3 rings (SSSR count). The van der Waals surface area contributed by atoms with Crippen molar-refractivity contribution in [1.82, 2.24) is 4.37 Å². The summed E-state index contributed by atoms with van der Waals surface area (Å²) in [4.78, 5) is 0.838. The lowest BCUT2D eigenvalue weighted by atomic mass is 10.0. The van der Waals surface area contributed by atoms with Crippen molar-refractivity contribution in [2.45, 2.75) is 0 Å². The Hall–Kier alpha value is -2.98. The summed E-state index contributed by atoms with van der Waals surface area (Å²) in [7, 11) is 2.36. The van der Waals surface area contributed by atoms with Crippen molar-refractivity contribution in [3.8, 4) is 50.3 Å². The van der Waals surface area contributed by atoms with Crippen LogP contribution in [0.2, 0.25) is 0 Å². The fourth-order valence-electron chi connectivity index (χ4n) is 2.94. The van der Waals surface area contributed by atoms with Gasteiger partial charge in [0.05, 0.1) is 39.6 Å². The molecule has 0 unspecified atom stereocenters. The molecule has 30 heavy (non-hydrogen) atoms. The summed E-state index contributed by atoms with van der Waals surface area (Å²) in [5, 5.41) is 0. The summed E-state index contributed by atoms with van der Waals surface area (Å²) in [5.41, 5.74) is 2.31. The second kappa shape index (κ2) is 8.80. The third kappa shape index (κ3) is 4.44. The van der Waals surface area contributed by atoms with Crippen LogP contribution in [0, 0.1) is 0 Å². The van der Waals surface area contributed by atoms with Crippen LogP contribution in [-0.2, 0) is 10.1 Å². The van der Waals surface area contributed by atoms with Crippen LogP contribution >= 0.6 is 11.5 Å². The fraction of sp³-hybridized carbons (Fsp3) is 0.250. The highest BCUT2D eigenvalue weighted by Gasteiger charge is 2.19. The molecule has 0 spiro atoms. The highest BCUT2D eigenvalue weighted by molar-refractivity contribution is 7.86. The van der Waals surface area contributed by atoms with Crippen LogP contribution < -0.4 is 23.1 Å². The zero-order valence-corrected chi connectivity index (χ0v) is 18.7. The van der Waals surface area contributed by atoms with E-state index in [0.29, 0.717) is 28.6 Å². The predicted molar refractivity (Wildman–Crippen MR) is 115 cm³/mol. The Morgan fingerprint density at radius 1 is 0.800 bits per heavy atom. The van der Waals surface area contributed by atoms with Gasteiger partial charge in [0.15, 0.2) is 23.0 Å². The number of ether oxygens (including phenoxy) is 4. The average molecular weight is 452 g/mol. The largest absolute Gasteiger partial charge is 0.493 e. The minimum atomic E-state index is -3.72. The molecule has 0 aliphatic carbocycles. The van der Waals surface area contributed by atoms with Crippen molar-refractivity contribution in [2.24, 2.45) is 0 Å². The summed E-state index contributed by atoms with van der Waals surface area (Å²) in [6, 6.07) is 8.71. The number of hydrogen-bond acceptors (Lipinski definition) is 9. The second-order valence-electron chi connectivity index (χ2n) is 6.14. The van der Waals surface area contributed by atoms with Crippen molar-refractivity contribution >= 4 is 21.7 Å². The predicted octanol–water partition coefficient (Wildman–Crippen LogP) is 3.85. The van der Waals surface area contributed by atoms with Gasteiger partial charge in [0, 0.05) is 17.3 Å². The van der Waals surface area contributed by atoms with Gasteiger partial charge >= 0.3 is 10.1 Å². The van der Waals surface area contributed by atoms with E-state index in [1.54, 1.807) is 45.7 Å². The number of hydrogen-bond donors (Lipinski definition) is 0. The standard InChI is InChI=1S/C20H21NO7S2/c1-24-15-7-6-12(8-16(15)28-30(5,22)23)14-11-21-29-20(14)13-9-17(25-2)19(27-4)18(10-13)26-3/h6-11H,1-5H3. The Bertz CT molecular complexity index is 1130. The maximum absolute atomic E-state index is 11.6. The lowest BCUT2D eigenvalue weighted by molar-refractivity contribution is 0.324. The van der Waals surface area contributed by atoms with Gasteiger partial charge in [-0.2, -0.15) is 12.8 Å². The van der Waals surface area contributed by atoms with E-state index in [0.717, 1.165) is 22.3 Å². The minimum absolute atomic E-state index is 0.0968. The molecule has 0 aliphatic rings. The molecule has 0 N–H and O–H groups in total. The summed E-state index contributed by atoms with van der Waals surface area (Å²) in [6.07, 6.45) is 2.68. The Kier molecular flexibility index (Phi) is 6.37. The molecule has 2 aromatic carbocycles. The first-order chi connectivity index (χ1) is 14.3. The van der Waals surface area contributed by atoms with E-state index >= 15 is 0 Å². The number of benzene rings is 2. The molecule has 0 atom stereocenters. The Morgan fingerprint density at radius 3 is 1.93 bits per heavy atom. The van der Waals surface area contributed by atoms with Gasteiger partial charge in [-0.15, -0.1) is 0 Å². The number of nitrogens with zero attached hydrogens (tertiary/aromatic N) is 1. The lowest BCUT2D eigenvalue weighted by Crippen LogP contribution is -2.06. The van der Waals surface area contributed by atoms with Gasteiger partial charge in [0.25, 0.3) is 0 Å². The van der Waals surface area contributed by atoms with Gasteiger partial charge in [-0.3, -0.25) is 0 Å². The van der Waals surface area contributed by atoms with Crippen LogP contribution in [0.15, 0.2) is 36.5 Å². The van der Waals surface area contributed by atoms with Gasteiger partial charge < -0.3 is 23.1 Å². The van der Waals surface area contributed by atoms with E-state index in [-0.39, 0.29) is 5.75 Å². The minimum Gasteiger partial charge on any atom is -0.493 e. The van der Waals surface area contributed by atoms with E-state index in [1.165, 1.54) is 18.6 Å². The van der Waals surface area contributed by atoms with Crippen molar-refractivity contribution in [1.29, 1.82) is 0 Å². The third-order valence-corrected chi connectivity index (χ3v) is 5.54. The molecule has 8 nitrogen and oxygen atoms in total. The van der Waals surface area contributed by atoms with Crippen LogP contribution in [0.3, 0.4) is 0 Å². The third-order valence-electron chi connectivity index (χ3n) is 4.21. The number of rotatable bonds is 8. The zero-order valence-electron chi connectivity index (χ0n) is 17.1. The summed E-state index contributed by atoms with van der Waals surface area (Å²) in [6.45, 7) is 0. The maximum Gasteiger partial charge on any atom is 0.306 e. The van der Waals surface area contributed by atoms with Crippen LogP contribution in [0.5, 0.6) is 28.7 Å². The molecule has 0 saturated heterocycles. The van der Waals surface area contributed by atoms with E-state index < -0.39 is 10.1 Å². The van der Waals surface area contributed by atoms with Crippen molar-refractivity contribution < 1.29 is 31.5 Å². The van der Waals surface area contributed by atoms with Gasteiger partial charge in [0.1, 0.15) is 0 Å². The normalized spacial score (nSPS) is 11.1. The first-order valence-electron chi connectivity index (χ1n) is 8.64. The Balaban J connectivity index is 2.14. The molecular weight excluding hydrogens is 430 g/mol. The van der Waals surface area contributed by atoms with E-state index in [2.05, 4.69) is 4.37 Å². The molecule has 0 radical (unpaired) electrons. The fourth-order valence-corrected chi connectivity index (χ4v) is 4.15. The topological polar surface area (TPSA) is 93.2 Å². The van der Waals surface area contributed by atoms with E-state index in [9.17, 15) is 8.42 Å². The van der Waals surface area contributed by atoms with Gasteiger partial charge in [0.2, 0.25) is 5.75 Å². The molecule has 0 fully saturated rings. The SMILES string of the molecule is COc1ccc(-c2cnsc2-c2cc(OC)c(OC)c(OC)c2)cc1OS(C)(=O)=O. The molecule has 1 heterocycles.